The molecule has 152 valence electrons. The number of para-hydroxylation sites is 1. The van der Waals surface area contributed by atoms with Crippen LogP contribution in [0.5, 0.6) is 0 Å². The van der Waals surface area contributed by atoms with E-state index < -0.39 is 11.7 Å². The van der Waals surface area contributed by atoms with E-state index in [9.17, 15) is 18.0 Å². The van der Waals surface area contributed by atoms with Crippen molar-refractivity contribution >= 4 is 22.5 Å². The zero-order chi connectivity index (χ0) is 20.4. The number of rotatable bonds is 4. The lowest BCUT2D eigenvalue weighted by molar-refractivity contribution is -0.137. The second-order valence-electron chi connectivity index (χ2n) is 7.28. The van der Waals surface area contributed by atoms with Gasteiger partial charge in [0.15, 0.2) is 0 Å². The fourth-order valence-corrected chi connectivity index (χ4v) is 3.83. The number of hydrogen-bond acceptors (Lipinski definition) is 2. The van der Waals surface area contributed by atoms with Gasteiger partial charge in [0.05, 0.1) is 5.56 Å². The molecule has 1 aliphatic heterocycles. The average molecular weight is 401 g/mol. The number of aromatic amines is 1. The number of carbonyl (C=O) groups excluding carboxylic acids is 1. The summed E-state index contributed by atoms with van der Waals surface area (Å²) in [5.41, 5.74) is 2.08. The van der Waals surface area contributed by atoms with Crippen molar-refractivity contribution in [2.45, 2.75) is 19.0 Å². The zero-order valence-corrected chi connectivity index (χ0v) is 15.9. The normalized spacial score (nSPS) is 15.1. The number of nitrogens with one attached hydrogen (secondary N) is 1. The number of hydrogen-bond donors (Lipinski definition) is 1. The van der Waals surface area contributed by atoms with E-state index in [0.717, 1.165) is 22.5 Å². The zero-order valence-electron chi connectivity index (χ0n) is 15.9. The monoisotopic (exact) mass is 401 g/mol. The molecule has 4 rings (SSSR count). The van der Waals surface area contributed by atoms with Gasteiger partial charge in [0, 0.05) is 55.4 Å². The topological polar surface area (TPSA) is 39.3 Å². The minimum absolute atomic E-state index is 0.0824. The number of carbonyl (C=O) groups is 1. The van der Waals surface area contributed by atoms with E-state index in [4.69, 9.17) is 0 Å². The number of H-pyrrole nitrogens is 1. The Morgan fingerprint density at radius 2 is 1.76 bits per heavy atom. The summed E-state index contributed by atoms with van der Waals surface area (Å²) in [7, 11) is 0. The number of nitrogens with zero attached hydrogens (tertiary/aromatic N) is 2. The van der Waals surface area contributed by atoms with E-state index in [2.05, 4.69) is 4.98 Å². The molecular weight excluding hydrogens is 379 g/mol. The Labute approximate surface area is 166 Å². The lowest BCUT2D eigenvalue weighted by Gasteiger charge is -2.36. The molecule has 1 fully saturated rings. The van der Waals surface area contributed by atoms with Gasteiger partial charge in [-0.3, -0.25) is 4.79 Å². The predicted molar refractivity (Wildman–Crippen MR) is 107 cm³/mol. The highest BCUT2D eigenvalue weighted by Gasteiger charge is 2.31. The number of amides is 1. The molecule has 0 spiro atoms. The molecule has 0 unspecified atom stereocenters. The maximum atomic E-state index is 12.9. The number of benzene rings is 2. The Morgan fingerprint density at radius 3 is 2.52 bits per heavy atom. The van der Waals surface area contributed by atoms with Crippen molar-refractivity contribution in [2.75, 3.05) is 31.1 Å². The SMILES string of the molecule is O=C(CCc1c[nH]c2ccccc12)N1CCN(c2cccc(C(F)(F)F)c2)CC1. The lowest BCUT2D eigenvalue weighted by Crippen LogP contribution is -2.48. The van der Waals surface area contributed by atoms with Crippen LogP contribution in [0.1, 0.15) is 17.5 Å². The molecule has 0 radical (unpaired) electrons. The predicted octanol–water partition coefficient (Wildman–Crippen LogP) is 4.47. The van der Waals surface area contributed by atoms with Gasteiger partial charge in [-0.1, -0.05) is 24.3 Å². The first-order chi connectivity index (χ1) is 13.9. The third-order valence-corrected chi connectivity index (χ3v) is 5.45. The summed E-state index contributed by atoms with van der Waals surface area (Å²) in [5, 5.41) is 1.13. The maximum Gasteiger partial charge on any atom is 0.416 e. The highest BCUT2D eigenvalue weighted by Crippen LogP contribution is 2.32. The van der Waals surface area contributed by atoms with Crippen molar-refractivity contribution in [1.29, 1.82) is 0 Å². The van der Waals surface area contributed by atoms with Gasteiger partial charge in [-0.2, -0.15) is 13.2 Å². The summed E-state index contributed by atoms with van der Waals surface area (Å²) < 4.78 is 38.8. The molecule has 1 amide bonds. The minimum Gasteiger partial charge on any atom is -0.368 e. The van der Waals surface area contributed by atoms with Gasteiger partial charge < -0.3 is 14.8 Å². The van der Waals surface area contributed by atoms with Crippen LogP contribution in [-0.4, -0.2) is 42.0 Å². The van der Waals surface area contributed by atoms with Gasteiger partial charge in [0.1, 0.15) is 0 Å². The number of fused-ring (bicyclic) bond motifs is 1. The summed E-state index contributed by atoms with van der Waals surface area (Å²) in [4.78, 5) is 19.5. The first-order valence-electron chi connectivity index (χ1n) is 9.67. The molecule has 7 heteroatoms. The summed E-state index contributed by atoms with van der Waals surface area (Å²) in [5.74, 6) is 0.0824. The van der Waals surface area contributed by atoms with Crippen molar-refractivity contribution < 1.29 is 18.0 Å². The number of aryl methyl sites for hydroxylation is 1. The van der Waals surface area contributed by atoms with Crippen LogP contribution >= 0.6 is 0 Å². The third-order valence-electron chi connectivity index (χ3n) is 5.45. The van der Waals surface area contributed by atoms with Crippen LogP contribution in [0.4, 0.5) is 18.9 Å². The fraction of sp³-hybridized carbons (Fsp3) is 0.318. The van der Waals surface area contributed by atoms with Crippen LogP contribution in [0.25, 0.3) is 10.9 Å². The Balaban J connectivity index is 1.33. The molecule has 1 aliphatic rings. The van der Waals surface area contributed by atoms with Gasteiger partial charge in [0.25, 0.3) is 0 Å². The van der Waals surface area contributed by atoms with Gasteiger partial charge in [0.2, 0.25) is 5.91 Å². The molecule has 0 saturated carbocycles. The molecule has 0 aliphatic carbocycles. The molecule has 3 aromatic rings. The first-order valence-corrected chi connectivity index (χ1v) is 9.67. The Hall–Kier alpha value is -2.96. The Kier molecular flexibility index (Phi) is 5.22. The quantitative estimate of drug-likeness (QED) is 0.701. The van der Waals surface area contributed by atoms with Gasteiger partial charge >= 0.3 is 6.18 Å². The van der Waals surface area contributed by atoms with E-state index in [-0.39, 0.29) is 5.91 Å². The first kappa shape index (κ1) is 19.4. The van der Waals surface area contributed by atoms with Crippen LogP contribution in [0, 0.1) is 0 Å². The molecule has 4 nitrogen and oxygen atoms in total. The molecule has 29 heavy (non-hydrogen) atoms. The Bertz CT molecular complexity index is 1000. The van der Waals surface area contributed by atoms with E-state index in [1.807, 2.05) is 35.4 Å². The number of alkyl halides is 3. The van der Waals surface area contributed by atoms with Gasteiger partial charge in [-0.05, 0) is 36.2 Å². The smallest absolute Gasteiger partial charge is 0.368 e. The number of aromatic nitrogens is 1. The summed E-state index contributed by atoms with van der Waals surface area (Å²) in [6.45, 7) is 2.09. The van der Waals surface area contributed by atoms with Crippen molar-refractivity contribution in [1.82, 2.24) is 9.88 Å². The molecule has 0 bridgehead atoms. The lowest BCUT2D eigenvalue weighted by atomic mass is 10.1. The second-order valence-corrected chi connectivity index (χ2v) is 7.28. The average Bonchev–Trinajstić information content (AvgIpc) is 3.15. The van der Waals surface area contributed by atoms with E-state index >= 15 is 0 Å². The molecule has 2 heterocycles. The standard InChI is InChI=1S/C22H22F3N3O/c23-22(24,25)17-4-3-5-18(14-17)27-10-12-28(13-11-27)21(29)9-8-16-15-26-20-7-2-1-6-19(16)20/h1-7,14-15,26H,8-13H2. The molecule has 1 N–H and O–H groups in total. The summed E-state index contributed by atoms with van der Waals surface area (Å²) in [6.07, 6.45) is -1.32. The molecule has 0 atom stereocenters. The van der Waals surface area contributed by atoms with Crippen LogP contribution in [0.3, 0.4) is 0 Å². The van der Waals surface area contributed by atoms with Crippen molar-refractivity contribution in [2.24, 2.45) is 0 Å². The van der Waals surface area contributed by atoms with E-state index in [0.29, 0.717) is 44.7 Å². The molecule has 2 aromatic carbocycles. The summed E-state index contributed by atoms with van der Waals surface area (Å²) >= 11 is 0. The van der Waals surface area contributed by atoms with Crippen molar-refractivity contribution in [3.63, 3.8) is 0 Å². The second kappa shape index (κ2) is 7.81. The van der Waals surface area contributed by atoms with Crippen LogP contribution < -0.4 is 4.90 Å². The van der Waals surface area contributed by atoms with Crippen LogP contribution in [0.2, 0.25) is 0 Å². The molecule has 1 aromatic heterocycles. The number of halogens is 3. The largest absolute Gasteiger partial charge is 0.416 e. The van der Waals surface area contributed by atoms with Gasteiger partial charge in [-0.25, -0.2) is 0 Å². The highest BCUT2D eigenvalue weighted by atomic mass is 19.4. The van der Waals surface area contributed by atoms with E-state index in [1.165, 1.54) is 12.1 Å². The number of anilines is 1. The number of piperazine rings is 1. The maximum absolute atomic E-state index is 12.9. The fourth-order valence-electron chi connectivity index (χ4n) is 3.83. The Morgan fingerprint density at radius 1 is 1.00 bits per heavy atom. The molecular formula is C22H22F3N3O. The van der Waals surface area contributed by atoms with Crippen LogP contribution in [-0.2, 0) is 17.4 Å². The highest BCUT2D eigenvalue weighted by molar-refractivity contribution is 5.84. The third kappa shape index (κ3) is 4.23. The molecule has 1 saturated heterocycles. The summed E-state index contributed by atoms with van der Waals surface area (Å²) in [6, 6.07) is 13.4. The minimum atomic E-state index is -4.35. The van der Waals surface area contributed by atoms with E-state index in [1.54, 1.807) is 11.0 Å². The van der Waals surface area contributed by atoms with Crippen molar-refractivity contribution in [3.8, 4) is 0 Å². The van der Waals surface area contributed by atoms with Crippen molar-refractivity contribution in [3.05, 3.63) is 65.9 Å². The van der Waals surface area contributed by atoms with Crippen LogP contribution in [0.15, 0.2) is 54.7 Å². The van der Waals surface area contributed by atoms with Gasteiger partial charge in [-0.15, -0.1) is 0 Å².